The minimum absolute atomic E-state index is 0.101. The number of fused-ring (bicyclic) bond motifs is 1. The van der Waals surface area contributed by atoms with Crippen molar-refractivity contribution in [2.75, 3.05) is 11.9 Å². The van der Waals surface area contributed by atoms with Crippen LogP contribution in [-0.2, 0) is 0 Å². The summed E-state index contributed by atoms with van der Waals surface area (Å²) in [4.78, 5) is 0. The molecular formula is C21H26N2O2S. The van der Waals surface area contributed by atoms with Crippen LogP contribution in [0.1, 0.15) is 44.4 Å². The molecular weight excluding hydrogens is 344 g/mol. The largest absolute Gasteiger partial charge is 0.494 e. The highest BCUT2D eigenvalue weighted by molar-refractivity contribution is 7.80. The molecule has 0 unspecified atom stereocenters. The first-order valence-electron chi connectivity index (χ1n) is 8.96. The van der Waals surface area contributed by atoms with Gasteiger partial charge in [0.2, 0.25) is 0 Å². The Hall–Kier alpha value is -2.27. The van der Waals surface area contributed by atoms with Crippen LogP contribution in [0.4, 0.5) is 5.69 Å². The van der Waals surface area contributed by atoms with Gasteiger partial charge in [0.25, 0.3) is 0 Å². The highest BCUT2D eigenvalue weighted by atomic mass is 32.1. The van der Waals surface area contributed by atoms with E-state index in [1.54, 1.807) is 0 Å². The van der Waals surface area contributed by atoms with E-state index < -0.39 is 0 Å². The van der Waals surface area contributed by atoms with Crippen LogP contribution in [0, 0.1) is 6.92 Å². The summed E-state index contributed by atoms with van der Waals surface area (Å²) in [7, 11) is 0. The summed E-state index contributed by atoms with van der Waals surface area (Å²) in [5.74, 6) is 1.76. The number of thiocarbonyl (C=S) groups is 1. The molecule has 5 heteroatoms. The number of benzene rings is 2. The molecule has 2 aromatic rings. The summed E-state index contributed by atoms with van der Waals surface area (Å²) < 4.78 is 11.7. The first kappa shape index (κ1) is 18.5. The van der Waals surface area contributed by atoms with Crippen LogP contribution >= 0.6 is 12.2 Å². The molecule has 1 heterocycles. The monoisotopic (exact) mass is 370 g/mol. The maximum absolute atomic E-state index is 6.15. The maximum atomic E-state index is 6.15. The first-order chi connectivity index (χ1) is 12.4. The second-order valence-electron chi connectivity index (χ2n) is 7.22. The molecule has 0 aromatic heterocycles. The number of anilines is 1. The normalized spacial score (nSPS) is 17.6. The SMILES string of the molecule is CCOc1cccc(NC(=S)N[C@H]2CC(C)(C)Oc3cc(C)ccc32)c1. The quantitative estimate of drug-likeness (QED) is 0.743. The molecule has 0 amide bonds. The fourth-order valence-electron chi connectivity index (χ4n) is 3.24. The molecule has 26 heavy (non-hydrogen) atoms. The van der Waals surface area contributed by atoms with Gasteiger partial charge in [-0.25, -0.2) is 0 Å². The van der Waals surface area contributed by atoms with Gasteiger partial charge in [-0.05, 0) is 63.7 Å². The average molecular weight is 371 g/mol. The summed E-state index contributed by atoms with van der Waals surface area (Å²) in [6.45, 7) is 8.90. The van der Waals surface area contributed by atoms with Crippen molar-refractivity contribution in [2.24, 2.45) is 0 Å². The van der Waals surface area contributed by atoms with E-state index in [0.717, 1.165) is 29.2 Å². The predicted molar refractivity (Wildman–Crippen MR) is 110 cm³/mol. The Balaban J connectivity index is 1.74. The molecule has 0 saturated carbocycles. The van der Waals surface area contributed by atoms with Crippen LogP contribution in [0.15, 0.2) is 42.5 Å². The van der Waals surface area contributed by atoms with E-state index in [-0.39, 0.29) is 11.6 Å². The Morgan fingerprint density at radius 2 is 2.08 bits per heavy atom. The summed E-state index contributed by atoms with van der Waals surface area (Å²) in [5.41, 5.74) is 2.99. The van der Waals surface area contributed by atoms with E-state index >= 15 is 0 Å². The van der Waals surface area contributed by atoms with Gasteiger partial charge >= 0.3 is 0 Å². The lowest BCUT2D eigenvalue weighted by Gasteiger charge is -2.38. The standard InChI is InChI=1S/C21H26N2O2S/c1-5-24-16-8-6-7-15(12-16)22-20(26)23-18-13-21(3,4)25-19-11-14(2)9-10-17(18)19/h6-12,18H,5,13H2,1-4H3,(H2,22,23,26)/t18-/m0/s1. The van der Waals surface area contributed by atoms with Crippen molar-refractivity contribution in [1.29, 1.82) is 0 Å². The number of hydrogen-bond donors (Lipinski definition) is 2. The van der Waals surface area contributed by atoms with E-state index in [2.05, 4.69) is 49.6 Å². The topological polar surface area (TPSA) is 42.5 Å². The van der Waals surface area contributed by atoms with Gasteiger partial charge in [0.05, 0.1) is 12.6 Å². The molecule has 0 radical (unpaired) electrons. The number of nitrogens with one attached hydrogen (secondary N) is 2. The van der Waals surface area contributed by atoms with Crippen molar-refractivity contribution < 1.29 is 9.47 Å². The molecule has 4 nitrogen and oxygen atoms in total. The zero-order valence-corrected chi connectivity index (χ0v) is 16.6. The van der Waals surface area contributed by atoms with Crippen LogP contribution in [-0.4, -0.2) is 17.3 Å². The smallest absolute Gasteiger partial charge is 0.171 e. The van der Waals surface area contributed by atoms with Crippen molar-refractivity contribution in [3.63, 3.8) is 0 Å². The van der Waals surface area contributed by atoms with Crippen molar-refractivity contribution in [3.8, 4) is 11.5 Å². The van der Waals surface area contributed by atoms with E-state index in [1.807, 2.05) is 31.2 Å². The van der Waals surface area contributed by atoms with Crippen LogP contribution in [0.2, 0.25) is 0 Å². The predicted octanol–water partition coefficient (Wildman–Crippen LogP) is 4.98. The molecule has 1 aliphatic heterocycles. The molecule has 0 spiro atoms. The number of hydrogen-bond acceptors (Lipinski definition) is 3. The van der Waals surface area contributed by atoms with Gasteiger partial charge in [-0.2, -0.15) is 0 Å². The Morgan fingerprint density at radius 3 is 2.85 bits per heavy atom. The number of rotatable bonds is 4. The van der Waals surface area contributed by atoms with Gasteiger partial charge in [0.1, 0.15) is 17.1 Å². The summed E-state index contributed by atoms with van der Waals surface area (Å²) >= 11 is 5.55. The summed E-state index contributed by atoms with van der Waals surface area (Å²) in [6, 6.07) is 14.2. The molecule has 0 saturated heterocycles. The molecule has 2 aromatic carbocycles. The molecule has 138 valence electrons. The Morgan fingerprint density at radius 1 is 1.27 bits per heavy atom. The van der Waals surface area contributed by atoms with Gasteiger partial charge < -0.3 is 20.1 Å². The summed E-state index contributed by atoms with van der Waals surface area (Å²) in [5, 5.41) is 7.30. The van der Waals surface area contributed by atoms with E-state index in [4.69, 9.17) is 21.7 Å². The van der Waals surface area contributed by atoms with Gasteiger partial charge in [-0.3, -0.25) is 0 Å². The minimum Gasteiger partial charge on any atom is -0.494 e. The molecule has 0 fully saturated rings. The van der Waals surface area contributed by atoms with Gasteiger partial charge in [0.15, 0.2) is 5.11 Å². The van der Waals surface area contributed by atoms with E-state index in [9.17, 15) is 0 Å². The highest BCUT2D eigenvalue weighted by Gasteiger charge is 2.34. The molecule has 2 N–H and O–H groups in total. The average Bonchev–Trinajstić information content (AvgIpc) is 2.53. The first-order valence-corrected chi connectivity index (χ1v) is 9.37. The van der Waals surface area contributed by atoms with Gasteiger partial charge in [-0.15, -0.1) is 0 Å². The van der Waals surface area contributed by atoms with Crippen LogP contribution in [0.5, 0.6) is 11.5 Å². The van der Waals surface area contributed by atoms with Gasteiger partial charge in [0, 0.05) is 23.7 Å². The number of ether oxygens (including phenoxy) is 2. The Kier molecular flexibility index (Phi) is 5.37. The zero-order chi connectivity index (χ0) is 18.7. The maximum Gasteiger partial charge on any atom is 0.171 e. The fourth-order valence-corrected chi connectivity index (χ4v) is 3.50. The molecule has 1 atom stereocenters. The van der Waals surface area contributed by atoms with E-state index in [0.29, 0.717) is 11.7 Å². The van der Waals surface area contributed by atoms with Crippen molar-refractivity contribution >= 4 is 23.0 Å². The third-order valence-electron chi connectivity index (χ3n) is 4.33. The fraction of sp³-hybridized carbons (Fsp3) is 0.381. The second-order valence-corrected chi connectivity index (χ2v) is 7.63. The Bertz CT molecular complexity index is 804. The third-order valence-corrected chi connectivity index (χ3v) is 4.55. The second kappa shape index (κ2) is 7.54. The molecule has 0 aliphatic carbocycles. The van der Waals surface area contributed by atoms with Crippen molar-refractivity contribution in [1.82, 2.24) is 5.32 Å². The molecule has 3 rings (SSSR count). The molecule has 0 bridgehead atoms. The lowest BCUT2D eigenvalue weighted by atomic mass is 9.89. The lowest BCUT2D eigenvalue weighted by molar-refractivity contribution is 0.0696. The van der Waals surface area contributed by atoms with Crippen LogP contribution in [0.3, 0.4) is 0 Å². The third kappa shape index (κ3) is 4.47. The Labute approximate surface area is 160 Å². The number of aryl methyl sites for hydroxylation is 1. The zero-order valence-electron chi connectivity index (χ0n) is 15.8. The lowest BCUT2D eigenvalue weighted by Crippen LogP contribution is -2.42. The van der Waals surface area contributed by atoms with Crippen molar-refractivity contribution in [2.45, 2.75) is 45.8 Å². The highest BCUT2D eigenvalue weighted by Crippen LogP contribution is 2.39. The molecule has 1 aliphatic rings. The van der Waals surface area contributed by atoms with E-state index in [1.165, 1.54) is 5.56 Å². The van der Waals surface area contributed by atoms with Crippen LogP contribution < -0.4 is 20.1 Å². The minimum atomic E-state index is -0.247. The van der Waals surface area contributed by atoms with Crippen molar-refractivity contribution in [3.05, 3.63) is 53.6 Å². The van der Waals surface area contributed by atoms with Crippen LogP contribution in [0.25, 0.3) is 0 Å². The van der Waals surface area contributed by atoms with Gasteiger partial charge in [-0.1, -0.05) is 18.2 Å². The summed E-state index contributed by atoms with van der Waals surface area (Å²) in [6.07, 6.45) is 0.837.